The Morgan fingerprint density at radius 2 is 2.00 bits per heavy atom. The molecular weight excluding hydrogens is 420 g/mol. The fourth-order valence-corrected chi connectivity index (χ4v) is 2.84. The van der Waals surface area contributed by atoms with Crippen LogP contribution in [0.15, 0.2) is 64.3 Å². The number of benzene rings is 2. The number of amides is 1. The van der Waals surface area contributed by atoms with Crippen LogP contribution in [-0.4, -0.2) is 27.0 Å². The van der Waals surface area contributed by atoms with E-state index in [0.717, 1.165) is 5.56 Å². The zero-order valence-corrected chi connectivity index (χ0v) is 15.8. The molecule has 0 aliphatic carbocycles. The van der Waals surface area contributed by atoms with Crippen LogP contribution in [0.5, 0.6) is 5.75 Å². The molecule has 1 heterocycles. The van der Waals surface area contributed by atoms with Crippen molar-refractivity contribution in [1.82, 2.24) is 15.2 Å². The third-order valence-corrected chi connectivity index (χ3v) is 4.33. The van der Waals surface area contributed by atoms with Gasteiger partial charge in [0.15, 0.2) is 5.69 Å². The molecule has 0 fully saturated rings. The van der Waals surface area contributed by atoms with E-state index in [9.17, 15) is 9.90 Å². The second-order valence-electron chi connectivity index (χ2n) is 5.41. The summed E-state index contributed by atoms with van der Waals surface area (Å²) in [5, 5.41) is 18.5. The molecule has 0 aliphatic rings. The van der Waals surface area contributed by atoms with E-state index in [-0.39, 0.29) is 11.4 Å². The maximum Gasteiger partial charge on any atom is 0.293 e. The van der Waals surface area contributed by atoms with Gasteiger partial charge in [0, 0.05) is 16.8 Å². The number of hydrogen-bond donors (Lipinski definition) is 2. The summed E-state index contributed by atoms with van der Waals surface area (Å²) < 4.78 is 2.20. The third kappa shape index (κ3) is 4.50. The van der Waals surface area contributed by atoms with Gasteiger partial charge in [0.25, 0.3) is 5.91 Å². The van der Waals surface area contributed by atoms with Crippen LogP contribution in [0.25, 0.3) is 0 Å². The maximum absolute atomic E-state index is 12.2. The van der Waals surface area contributed by atoms with Gasteiger partial charge >= 0.3 is 0 Å². The summed E-state index contributed by atoms with van der Waals surface area (Å²) in [6.45, 7) is 0.504. The van der Waals surface area contributed by atoms with Crippen molar-refractivity contribution in [2.24, 2.45) is 5.10 Å². The van der Waals surface area contributed by atoms with Gasteiger partial charge in [0.1, 0.15) is 5.75 Å². The molecule has 8 heteroatoms. The summed E-state index contributed by atoms with van der Waals surface area (Å²) in [5.41, 5.74) is 4.12. The Kier molecular flexibility index (Phi) is 5.70. The molecule has 6 nitrogen and oxygen atoms in total. The molecule has 2 aromatic carbocycles. The first-order valence-electron chi connectivity index (χ1n) is 7.62. The Morgan fingerprint density at radius 1 is 1.27 bits per heavy atom. The van der Waals surface area contributed by atoms with Crippen LogP contribution in [0.3, 0.4) is 0 Å². The molecule has 1 aromatic heterocycles. The van der Waals surface area contributed by atoms with Crippen molar-refractivity contribution in [3.05, 3.63) is 81.0 Å². The van der Waals surface area contributed by atoms with Crippen molar-refractivity contribution in [2.75, 3.05) is 0 Å². The van der Waals surface area contributed by atoms with Crippen molar-refractivity contribution < 1.29 is 9.90 Å². The average Bonchev–Trinajstić information content (AvgIpc) is 2.99. The van der Waals surface area contributed by atoms with Crippen LogP contribution in [-0.2, 0) is 6.54 Å². The SMILES string of the molecule is O=C(N/N=C\c1ccccc1O)c1nn(Cc2ccc(Cl)cc2)cc1Br. The second kappa shape index (κ2) is 8.16. The molecule has 0 saturated heterocycles. The molecule has 0 atom stereocenters. The lowest BCUT2D eigenvalue weighted by Gasteiger charge is -2.02. The van der Waals surface area contributed by atoms with Gasteiger partial charge in [-0.25, -0.2) is 5.43 Å². The number of hydrogen-bond acceptors (Lipinski definition) is 4. The van der Waals surface area contributed by atoms with Gasteiger partial charge in [-0.1, -0.05) is 35.9 Å². The van der Waals surface area contributed by atoms with Crippen molar-refractivity contribution in [3.8, 4) is 5.75 Å². The summed E-state index contributed by atoms with van der Waals surface area (Å²) in [5.74, 6) is -0.377. The monoisotopic (exact) mass is 432 g/mol. The molecule has 26 heavy (non-hydrogen) atoms. The fourth-order valence-electron chi connectivity index (χ4n) is 2.22. The minimum atomic E-state index is -0.460. The van der Waals surface area contributed by atoms with Crippen molar-refractivity contribution in [1.29, 1.82) is 0 Å². The highest BCUT2D eigenvalue weighted by atomic mass is 79.9. The molecule has 3 rings (SSSR count). The summed E-state index contributed by atoms with van der Waals surface area (Å²) in [6, 6.07) is 14.1. The number of carbonyl (C=O) groups is 1. The molecule has 2 N–H and O–H groups in total. The first-order chi connectivity index (χ1) is 12.5. The minimum absolute atomic E-state index is 0.0823. The number of nitrogens with zero attached hydrogens (tertiary/aromatic N) is 3. The van der Waals surface area contributed by atoms with Crippen LogP contribution in [0.4, 0.5) is 0 Å². The molecule has 0 bridgehead atoms. The van der Waals surface area contributed by atoms with Crippen LogP contribution in [0, 0.1) is 0 Å². The molecule has 0 aliphatic heterocycles. The Bertz CT molecular complexity index is 954. The normalized spacial score (nSPS) is 11.0. The van der Waals surface area contributed by atoms with E-state index < -0.39 is 5.91 Å². The highest BCUT2D eigenvalue weighted by molar-refractivity contribution is 9.10. The second-order valence-corrected chi connectivity index (χ2v) is 6.70. The van der Waals surface area contributed by atoms with Gasteiger partial charge in [-0.05, 0) is 45.8 Å². The third-order valence-electron chi connectivity index (χ3n) is 3.50. The minimum Gasteiger partial charge on any atom is -0.507 e. The van der Waals surface area contributed by atoms with Crippen molar-refractivity contribution >= 4 is 39.7 Å². The van der Waals surface area contributed by atoms with Crippen molar-refractivity contribution in [3.63, 3.8) is 0 Å². The highest BCUT2D eigenvalue weighted by Crippen LogP contribution is 2.17. The Balaban J connectivity index is 1.67. The molecular formula is C18H14BrClN4O2. The van der Waals surface area contributed by atoms with Gasteiger partial charge < -0.3 is 5.11 Å². The number of phenolic OH excluding ortho intramolecular Hbond substituents is 1. The predicted molar refractivity (Wildman–Crippen MR) is 104 cm³/mol. The highest BCUT2D eigenvalue weighted by Gasteiger charge is 2.15. The number of halogens is 2. The number of phenols is 1. The number of rotatable bonds is 5. The zero-order chi connectivity index (χ0) is 18.5. The molecule has 0 radical (unpaired) electrons. The fraction of sp³-hybridized carbons (Fsp3) is 0.0556. The van der Waals surface area contributed by atoms with Gasteiger partial charge in [-0.3, -0.25) is 9.48 Å². The Labute approximate surface area is 163 Å². The predicted octanol–water partition coefficient (Wildman–Crippen LogP) is 3.82. The van der Waals surface area contributed by atoms with Crippen LogP contribution in [0.2, 0.25) is 5.02 Å². The number of carbonyl (C=O) groups excluding carboxylic acids is 1. The first-order valence-corrected chi connectivity index (χ1v) is 8.79. The topological polar surface area (TPSA) is 79.5 Å². The van der Waals surface area contributed by atoms with Gasteiger partial charge in [-0.2, -0.15) is 10.2 Å². The van der Waals surface area contributed by atoms with E-state index in [4.69, 9.17) is 11.6 Å². The molecule has 1 amide bonds. The number of aromatic hydroxyl groups is 1. The smallest absolute Gasteiger partial charge is 0.293 e. The quantitative estimate of drug-likeness (QED) is 0.474. The first kappa shape index (κ1) is 18.2. The molecule has 132 valence electrons. The number of aromatic nitrogens is 2. The lowest BCUT2D eigenvalue weighted by Crippen LogP contribution is -2.19. The zero-order valence-electron chi connectivity index (χ0n) is 13.4. The summed E-state index contributed by atoms with van der Waals surface area (Å²) in [4.78, 5) is 12.2. The molecule has 3 aromatic rings. The lowest BCUT2D eigenvalue weighted by atomic mass is 10.2. The largest absolute Gasteiger partial charge is 0.507 e. The lowest BCUT2D eigenvalue weighted by molar-refractivity contribution is 0.0948. The van der Waals surface area contributed by atoms with E-state index in [1.54, 1.807) is 41.2 Å². The van der Waals surface area contributed by atoms with Crippen LogP contribution in [0.1, 0.15) is 21.6 Å². The molecule has 0 unspecified atom stereocenters. The standard InChI is InChI=1S/C18H14BrClN4O2/c19-15-11-24(10-12-5-7-14(20)8-6-12)23-17(15)18(26)22-21-9-13-3-1-2-4-16(13)25/h1-9,11,25H,10H2,(H,22,26)/b21-9-. The summed E-state index contributed by atoms with van der Waals surface area (Å²) in [7, 11) is 0. The van der Waals surface area contributed by atoms with Gasteiger partial charge in [-0.15, -0.1) is 0 Å². The molecule has 0 saturated carbocycles. The maximum atomic E-state index is 12.2. The van der Waals surface area contributed by atoms with E-state index >= 15 is 0 Å². The van der Waals surface area contributed by atoms with Crippen LogP contribution < -0.4 is 5.43 Å². The van der Waals surface area contributed by atoms with Crippen molar-refractivity contribution in [2.45, 2.75) is 6.54 Å². The van der Waals surface area contributed by atoms with E-state index in [1.165, 1.54) is 12.3 Å². The van der Waals surface area contributed by atoms with E-state index in [0.29, 0.717) is 21.6 Å². The Morgan fingerprint density at radius 3 is 2.73 bits per heavy atom. The average molecular weight is 434 g/mol. The van der Waals surface area contributed by atoms with Crippen LogP contribution >= 0.6 is 27.5 Å². The molecule has 0 spiro atoms. The number of hydrazone groups is 1. The summed E-state index contributed by atoms with van der Waals surface area (Å²) in [6.07, 6.45) is 3.09. The van der Waals surface area contributed by atoms with E-state index in [2.05, 4.69) is 31.6 Å². The summed E-state index contributed by atoms with van der Waals surface area (Å²) >= 11 is 9.21. The number of nitrogens with one attached hydrogen (secondary N) is 1. The van der Waals surface area contributed by atoms with Gasteiger partial charge in [0.2, 0.25) is 0 Å². The van der Waals surface area contributed by atoms with Gasteiger partial charge in [0.05, 0.1) is 17.2 Å². The number of para-hydroxylation sites is 1. The Hall–Kier alpha value is -2.64. The van der Waals surface area contributed by atoms with E-state index in [1.807, 2.05) is 12.1 Å².